The van der Waals surface area contributed by atoms with E-state index in [9.17, 15) is 22.4 Å². The number of hydrogen-bond acceptors (Lipinski definition) is 5. The maximum Gasteiger partial charge on any atom is 0.251 e. The summed E-state index contributed by atoms with van der Waals surface area (Å²) in [5, 5.41) is 0. The van der Waals surface area contributed by atoms with E-state index in [4.69, 9.17) is 4.74 Å². The third-order valence-corrected chi connectivity index (χ3v) is 8.30. The molecule has 0 saturated carbocycles. The molecule has 3 aliphatic heterocycles. The Hall–Kier alpha value is -2.04. The van der Waals surface area contributed by atoms with Crippen LogP contribution in [0.4, 0.5) is 4.39 Å². The lowest BCUT2D eigenvalue weighted by atomic mass is 9.96. The van der Waals surface area contributed by atoms with Gasteiger partial charge in [-0.05, 0) is 37.8 Å². The van der Waals surface area contributed by atoms with Crippen molar-refractivity contribution < 1.29 is 27.1 Å². The fraction of sp³-hybridized carbons (Fsp3) is 0.619. The number of nitrogens with zero attached hydrogens (tertiary/aromatic N) is 3. The van der Waals surface area contributed by atoms with Gasteiger partial charge in [0.05, 0.1) is 0 Å². The Morgan fingerprint density at radius 1 is 0.903 bits per heavy atom. The summed E-state index contributed by atoms with van der Waals surface area (Å²) in [4.78, 5) is 28.6. The number of rotatable bonds is 4. The topological polar surface area (TPSA) is 87.2 Å². The average Bonchev–Trinajstić information content (AvgIpc) is 3.33. The number of halogens is 1. The highest BCUT2D eigenvalue weighted by Crippen LogP contribution is 2.27. The van der Waals surface area contributed by atoms with E-state index in [0.717, 1.165) is 18.9 Å². The first-order valence-electron chi connectivity index (χ1n) is 10.8. The van der Waals surface area contributed by atoms with Crippen LogP contribution in [-0.2, 0) is 24.3 Å². The number of piperidine rings is 1. The zero-order valence-corrected chi connectivity index (χ0v) is 18.2. The molecule has 1 unspecified atom stereocenters. The highest BCUT2D eigenvalue weighted by molar-refractivity contribution is 7.89. The molecule has 3 heterocycles. The molecule has 0 bridgehead atoms. The molecular formula is C21H28FN3O5S. The summed E-state index contributed by atoms with van der Waals surface area (Å²) in [6, 6.07) is 5.34. The molecule has 4 rings (SSSR count). The van der Waals surface area contributed by atoms with Crippen LogP contribution >= 0.6 is 0 Å². The number of carbonyl (C=O) groups excluding carboxylic acids is 2. The van der Waals surface area contributed by atoms with Crippen molar-refractivity contribution in [3.05, 3.63) is 30.1 Å². The van der Waals surface area contributed by atoms with E-state index in [1.807, 2.05) is 0 Å². The summed E-state index contributed by atoms with van der Waals surface area (Å²) in [7, 11) is -3.91. The van der Waals surface area contributed by atoms with Gasteiger partial charge in [-0.1, -0.05) is 12.1 Å². The molecular weight excluding hydrogens is 425 g/mol. The van der Waals surface area contributed by atoms with Crippen LogP contribution in [-0.4, -0.2) is 86.3 Å². The molecule has 2 amide bonds. The second-order valence-corrected chi connectivity index (χ2v) is 10.2. The van der Waals surface area contributed by atoms with Crippen LogP contribution in [0.1, 0.15) is 25.7 Å². The predicted octanol–water partition coefficient (Wildman–Crippen LogP) is 1.08. The normalized spacial score (nSPS) is 23.8. The van der Waals surface area contributed by atoms with Crippen molar-refractivity contribution in [3.63, 3.8) is 0 Å². The molecule has 31 heavy (non-hydrogen) atoms. The molecule has 0 aliphatic carbocycles. The zero-order chi connectivity index (χ0) is 22.0. The first-order valence-corrected chi connectivity index (χ1v) is 12.3. The van der Waals surface area contributed by atoms with Crippen molar-refractivity contribution in [2.24, 2.45) is 5.92 Å². The molecule has 10 heteroatoms. The molecule has 3 aliphatic rings. The fourth-order valence-electron chi connectivity index (χ4n) is 4.52. The van der Waals surface area contributed by atoms with Gasteiger partial charge in [-0.15, -0.1) is 0 Å². The van der Waals surface area contributed by atoms with Crippen molar-refractivity contribution in [3.8, 4) is 0 Å². The minimum atomic E-state index is -3.91. The van der Waals surface area contributed by atoms with Gasteiger partial charge in [-0.2, -0.15) is 4.31 Å². The van der Waals surface area contributed by atoms with Gasteiger partial charge >= 0.3 is 0 Å². The maximum atomic E-state index is 14.0. The minimum Gasteiger partial charge on any atom is -0.368 e. The monoisotopic (exact) mass is 453 g/mol. The summed E-state index contributed by atoms with van der Waals surface area (Å²) in [5.74, 6) is -1.01. The van der Waals surface area contributed by atoms with Crippen LogP contribution in [0.2, 0.25) is 0 Å². The summed E-state index contributed by atoms with van der Waals surface area (Å²) in [5.41, 5.74) is 0. The SMILES string of the molecule is O=C(C1CCN(S(=O)(=O)c2ccccc2F)CC1)N1CCN(C(=O)C2CCCO2)CC1. The number of hydrogen-bond donors (Lipinski definition) is 0. The van der Waals surface area contributed by atoms with Gasteiger partial charge in [-0.3, -0.25) is 9.59 Å². The first kappa shape index (κ1) is 22.2. The Kier molecular flexibility index (Phi) is 6.59. The van der Waals surface area contributed by atoms with Crippen LogP contribution in [0, 0.1) is 11.7 Å². The smallest absolute Gasteiger partial charge is 0.251 e. The Balaban J connectivity index is 1.29. The standard InChI is InChI=1S/C21H28FN3O5S/c22-17-4-1-2-6-19(17)31(28,29)25-9-7-16(8-10-25)20(26)23-11-13-24(14-12-23)21(27)18-5-3-15-30-18/h1-2,4,6,16,18H,3,5,7-15H2. The molecule has 3 saturated heterocycles. The van der Waals surface area contributed by atoms with Gasteiger partial charge in [0.25, 0.3) is 5.91 Å². The molecule has 1 atom stereocenters. The van der Waals surface area contributed by atoms with Gasteiger partial charge < -0.3 is 14.5 Å². The second kappa shape index (κ2) is 9.22. The lowest BCUT2D eigenvalue weighted by Crippen LogP contribution is -2.54. The molecule has 0 radical (unpaired) electrons. The molecule has 1 aromatic carbocycles. The molecule has 0 aromatic heterocycles. The van der Waals surface area contributed by atoms with Gasteiger partial charge in [0, 0.05) is 51.8 Å². The Labute approximate surface area is 182 Å². The van der Waals surface area contributed by atoms with Gasteiger partial charge in [-0.25, -0.2) is 12.8 Å². The third kappa shape index (κ3) is 4.61. The summed E-state index contributed by atoms with van der Waals surface area (Å²) >= 11 is 0. The second-order valence-electron chi connectivity index (χ2n) is 8.26. The van der Waals surface area contributed by atoms with Crippen LogP contribution in [0.15, 0.2) is 29.2 Å². The number of piperazine rings is 1. The van der Waals surface area contributed by atoms with E-state index >= 15 is 0 Å². The van der Waals surface area contributed by atoms with E-state index in [-0.39, 0.29) is 41.8 Å². The first-order chi connectivity index (χ1) is 14.9. The molecule has 3 fully saturated rings. The third-order valence-electron chi connectivity index (χ3n) is 6.37. The molecule has 0 spiro atoms. The van der Waals surface area contributed by atoms with Crippen molar-refractivity contribution in [1.82, 2.24) is 14.1 Å². The molecule has 8 nitrogen and oxygen atoms in total. The largest absolute Gasteiger partial charge is 0.368 e. The molecule has 0 N–H and O–H groups in total. The minimum absolute atomic E-state index is 0.00662. The van der Waals surface area contributed by atoms with Crippen LogP contribution in [0.3, 0.4) is 0 Å². The van der Waals surface area contributed by atoms with Crippen LogP contribution in [0.5, 0.6) is 0 Å². The van der Waals surface area contributed by atoms with E-state index in [1.165, 1.54) is 22.5 Å². The van der Waals surface area contributed by atoms with E-state index in [2.05, 4.69) is 0 Å². The summed E-state index contributed by atoms with van der Waals surface area (Å²) in [6.07, 6.45) is 2.12. The highest BCUT2D eigenvalue weighted by atomic mass is 32.2. The number of sulfonamides is 1. The van der Waals surface area contributed by atoms with Crippen molar-refractivity contribution in [1.29, 1.82) is 0 Å². The molecule has 170 valence electrons. The highest BCUT2D eigenvalue weighted by Gasteiger charge is 2.36. The summed E-state index contributed by atoms with van der Waals surface area (Å²) in [6.45, 7) is 2.93. The predicted molar refractivity (Wildman–Crippen MR) is 110 cm³/mol. The van der Waals surface area contributed by atoms with Crippen molar-refractivity contribution >= 4 is 21.8 Å². The average molecular weight is 454 g/mol. The van der Waals surface area contributed by atoms with Crippen molar-refractivity contribution in [2.45, 2.75) is 36.7 Å². The zero-order valence-electron chi connectivity index (χ0n) is 17.4. The van der Waals surface area contributed by atoms with Crippen LogP contribution < -0.4 is 0 Å². The quantitative estimate of drug-likeness (QED) is 0.681. The lowest BCUT2D eigenvalue weighted by molar-refractivity contribution is -0.147. The molecule has 1 aromatic rings. The lowest BCUT2D eigenvalue weighted by Gasteiger charge is -2.38. The number of amides is 2. The Bertz CT molecular complexity index is 919. The number of benzene rings is 1. The van der Waals surface area contributed by atoms with E-state index in [0.29, 0.717) is 45.6 Å². The maximum absolute atomic E-state index is 14.0. The van der Waals surface area contributed by atoms with E-state index < -0.39 is 15.8 Å². The fourth-order valence-corrected chi connectivity index (χ4v) is 6.05. The Morgan fingerprint density at radius 3 is 2.10 bits per heavy atom. The van der Waals surface area contributed by atoms with Gasteiger partial charge in [0.15, 0.2) is 0 Å². The number of carbonyl (C=O) groups is 2. The van der Waals surface area contributed by atoms with Gasteiger partial charge in [0.2, 0.25) is 15.9 Å². The van der Waals surface area contributed by atoms with Crippen molar-refractivity contribution in [2.75, 3.05) is 45.9 Å². The summed E-state index contributed by atoms with van der Waals surface area (Å²) < 4.78 is 46.2. The van der Waals surface area contributed by atoms with Gasteiger partial charge in [0.1, 0.15) is 16.8 Å². The number of ether oxygens (including phenoxy) is 1. The Morgan fingerprint density at radius 2 is 1.52 bits per heavy atom. The van der Waals surface area contributed by atoms with E-state index in [1.54, 1.807) is 9.80 Å². The van der Waals surface area contributed by atoms with Crippen LogP contribution in [0.25, 0.3) is 0 Å².